The number of para-hydroxylation sites is 1. The molecule has 0 aliphatic carbocycles. The number of esters is 1. The molecular weight excluding hydrogens is 187 g/mol. The third-order valence-corrected chi connectivity index (χ3v) is 1.59. The Kier molecular flexibility index (Phi) is 3.91. The van der Waals surface area contributed by atoms with E-state index in [1.54, 1.807) is 19.1 Å². The monoisotopic (exact) mass is 198 g/mol. The van der Waals surface area contributed by atoms with Crippen molar-refractivity contribution in [3.05, 3.63) is 29.8 Å². The number of ether oxygens (including phenoxy) is 2. The molecule has 1 aromatic carbocycles. The van der Waals surface area contributed by atoms with Gasteiger partial charge < -0.3 is 9.47 Å². The highest BCUT2D eigenvalue weighted by Crippen LogP contribution is 2.18. The molecule has 0 aromatic heterocycles. The minimum Gasteiger partial charge on any atom is -0.462 e. The number of carbonyl (C=O) groups is 1. The lowest BCUT2D eigenvalue weighted by Crippen LogP contribution is -2.07. The highest BCUT2D eigenvalue weighted by molar-refractivity contribution is 5.92. The van der Waals surface area contributed by atoms with Crippen molar-refractivity contribution in [3.8, 4) is 5.75 Å². The summed E-state index contributed by atoms with van der Waals surface area (Å²) >= 11 is 0. The molecule has 0 radical (unpaired) electrons. The maximum absolute atomic E-state index is 11.9. The number of hydrogen-bond acceptors (Lipinski definition) is 3. The summed E-state index contributed by atoms with van der Waals surface area (Å²) in [5.41, 5.74) is 0.243. The lowest BCUT2D eigenvalue weighted by molar-refractivity contribution is 0.0519. The summed E-state index contributed by atoms with van der Waals surface area (Å²) in [7, 11) is 0. The van der Waals surface area contributed by atoms with E-state index in [1.807, 2.05) is 0 Å². The normalized spacial score (nSPS) is 9.57. The molecule has 0 saturated carbocycles. The number of rotatable bonds is 4. The van der Waals surface area contributed by atoms with Gasteiger partial charge in [0.05, 0.1) is 6.61 Å². The van der Waals surface area contributed by atoms with Crippen molar-refractivity contribution in [3.63, 3.8) is 0 Å². The van der Waals surface area contributed by atoms with Crippen LogP contribution in [0.3, 0.4) is 0 Å². The molecule has 0 N–H and O–H groups in total. The first-order chi connectivity index (χ1) is 6.79. The summed E-state index contributed by atoms with van der Waals surface area (Å²) in [5, 5.41) is 0. The van der Waals surface area contributed by atoms with E-state index in [4.69, 9.17) is 4.74 Å². The standard InChI is InChI=1S/C10H11FO3/c1-2-13-10(12)8-5-3-4-6-9(8)14-7-11/h3-6H,2,7H2,1H3. The molecule has 0 spiro atoms. The zero-order valence-electron chi connectivity index (χ0n) is 7.83. The molecule has 0 unspecified atom stereocenters. The number of alkyl halides is 1. The summed E-state index contributed by atoms with van der Waals surface area (Å²) in [6.07, 6.45) is 0. The number of carbonyl (C=O) groups excluding carboxylic acids is 1. The van der Waals surface area contributed by atoms with Crippen molar-refractivity contribution in [2.45, 2.75) is 6.92 Å². The Bertz CT molecular complexity index is 312. The van der Waals surface area contributed by atoms with Crippen LogP contribution in [0.15, 0.2) is 24.3 Å². The van der Waals surface area contributed by atoms with Gasteiger partial charge in [-0.25, -0.2) is 9.18 Å². The molecule has 1 aromatic rings. The Morgan fingerprint density at radius 1 is 1.43 bits per heavy atom. The van der Waals surface area contributed by atoms with Crippen LogP contribution in [-0.4, -0.2) is 19.4 Å². The van der Waals surface area contributed by atoms with Crippen LogP contribution in [0.25, 0.3) is 0 Å². The molecule has 0 heterocycles. The average Bonchev–Trinajstić information content (AvgIpc) is 2.19. The van der Waals surface area contributed by atoms with Gasteiger partial charge in [-0.2, -0.15) is 0 Å². The van der Waals surface area contributed by atoms with Gasteiger partial charge in [0, 0.05) is 0 Å². The summed E-state index contributed by atoms with van der Waals surface area (Å²) in [4.78, 5) is 11.3. The lowest BCUT2D eigenvalue weighted by atomic mass is 10.2. The van der Waals surface area contributed by atoms with Gasteiger partial charge in [-0.1, -0.05) is 12.1 Å². The summed E-state index contributed by atoms with van der Waals surface area (Å²) in [6, 6.07) is 6.37. The highest BCUT2D eigenvalue weighted by atomic mass is 19.1. The van der Waals surface area contributed by atoms with Gasteiger partial charge in [-0.3, -0.25) is 0 Å². The van der Waals surface area contributed by atoms with E-state index in [2.05, 4.69) is 4.74 Å². The van der Waals surface area contributed by atoms with Crippen LogP contribution in [0.1, 0.15) is 17.3 Å². The minimum absolute atomic E-state index is 0.202. The first kappa shape index (κ1) is 10.5. The predicted octanol–water partition coefficient (Wildman–Crippen LogP) is 2.17. The summed E-state index contributed by atoms with van der Waals surface area (Å²) < 4.78 is 21.3. The fraction of sp³-hybridized carbons (Fsp3) is 0.300. The highest BCUT2D eigenvalue weighted by Gasteiger charge is 2.12. The van der Waals surface area contributed by atoms with Crippen molar-refractivity contribution in [2.75, 3.05) is 13.5 Å². The first-order valence-electron chi connectivity index (χ1n) is 4.24. The molecule has 0 saturated heterocycles. The second-order valence-corrected chi connectivity index (χ2v) is 2.47. The van der Waals surface area contributed by atoms with E-state index < -0.39 is 12.8 Å². The Labute approximate surface area is 81.4 Å². The van der Waals surface area contributed by atoms with Crippen molar-refractivity contribution in [1.29, 1.82) is 0 Å². The Hall–Kier alpha value is -1.58. The Balaban J connectivity index is 2.88. The number of benzene rings is 1. The van der Waals surface area contributed by atoms with Crippen molar-refractivity contribution >= 4 is 5.97 Å². The molecule has 3 nitrogen and oxygen atoms in total. The van der Waals surface area contributed by atoms with Gasteiger partial charge in [0.25, 0.3) is 0 Å². The van der Waals surface area contributed by atoms with Crippen LogP contribution in [-0.2, 0) is 4.74 Å². The molecular formula is C10H11FO3. The Morgan fingerprint density at radius 2 is 2.14 bits per heavy atom. The van der Waals surface area contributed by atoms with Crippen LogP contribution < -0.4 is 4.74 Å². The van der Waals surface area contributed by atoms with Crippen LogP contribution in [0.5, 0.6) is 5.75 Å². The quantitative estimate of drug-likeness (QED) is 0.695. The smallest absolute Gasteiger partial charge is 0.341 e. The van der Waals surface area contributed by atoms with Gasteiger partial charge in [-0.15, -0.1) is 0 Å². The van der Waals surface area contributed by atoms with E-state index in [0.717, 1.165) is 0 Å². The van der Waals surface area contributed by atoms with E-state index >= 15 is 0 Å². The minimum atomic E-state index is -0.962. The summed E-state index contributed by atoms with van der Waals surface area (Å²) in [5.74, 6) is -0.301. The third-order valence-electron chi connectivity index (χ3n) is 1.59. The van der Waals surface area contributed by atoms with Crippen molar-refractivity contribution in [1.82, 2.24) is 0 Å². The molecule has 76 valence electrons. The van der Waals surface area contributed by atoms with E-state index in [-0.39, 0.29) is 17.9 Å². The van der Waals surface area contributed by atoms with Gasteiger partial charge in [0.2, 0.25) is 6.86 Å². The fourth-order valence-corrected chi connectivity index (χ4v) is 1.03. The van der Waals surface area contributed by atoms with Crippen molar-refractivity contribution < 1.29 is 18.7 Å². The second-order valence-electron chi connectivity index (χ2n) is 2.47. The lowest BCUT2D eigenvalue weighted by Gasteiger charge is -2.07. The van der Waals surface area contributed by atoms with Crippen LogP contribution >= 0.6 is 0 Å². The third kappa shape index (κ3) is 2.45. The Morgan fingerprint density at radius 3 is 2.79 bits per heavy atom. The number of hydrogen-bond donors (Lipinski definition) is 0. The predicted molar refractivity (Wildman–Crippen MR) is 49.0 cm³/mol. The maximum Gasteiger partial charge on any atom is 0.341 e. The molecule has 1 rings (SSSR count). The van der Waals surface area contributed by atoms with Crippen LogP contribution in [0.2, 0.25) is 0 Å². The first-order valence-corrected chi connectivity index (χ1v) is 4.24. The number of halogens is 1. The molecule has 4 heteroatoms. The molecule has 0 atom stereocenters. The SMILES string of the molecule is CCOC(=O)c1ccccc1OCF. The van der Waals surface area contributed by atoms with Crippen LogP contribution in [0, 0.1) is 0 Å². The molecule has 0 amide bonds. The fourth-order valence-electron chi connectivity index (χ4n) is 1.03. The van der Waals surface area contributed by atoms with Gasteiger partial charge in [0.1, 0.15) is 11.3 Å². The topological polar surface area (TPSA) is 35.5 Å². The average molecular weight is 198 g/mol. The zero-order chi connectivity index (χ0) is 10.4. The van der Waals surface area contributed by atoms with Crippen molar-refractivity contribution in [2.24, 2.45) is 0 Å². The second kappa shape index (κ2) is 5.21. The van der Waals surface area contributed by atoms with Crippen LogP contribution in [0.4, 0.5) is 4.39 Å². The van der Waals surface area contributed by atoms with E-state index in [9.17, 15) is 9.18 Å². The maximum atomic E-state index is 11.9. The zero-order valence-corrected chi connectivity index (χ0v) is 7.83. The van der Waals surface area contributed by atoms with Gasteiger partial charge in [-0.05, 0) is 19.1 Å². The largest absolute Gasteiger partial charge is 0.462 e. The van der Waals surface area contributed by atoms with Gasteiger partial charge >= 0.3 is 5.97 Å². The summed E-state index contributed by atoms with van der Waals surface area (Å²) in [6.45, 7) is 1.02. The van der Waals surface area contributed by atoms with Gasteiger partial charge in [0.15, 0.2) is 0 Å². The molecule has 0 aliphatic rings. The van der Waals surface area contributed by atoms with E-state index in [1.165, 1.54) is 12.1 Å². The molecule has 0 bridgehead atoms. The molecule has 0 fully saturated rings. The molecule has 14 heavy (non-hydrogen) atoms. The van der Waals surface area contributed by atoms with E-state index in [0.29, 0.717) is 0 Å². The molecule has 0 aliphatic heterocycles.